The maximum absolute atomic E-state index is 12.2. The van der Waals surface area contributed by atoms with Crippen LogP contribution in [0.25, 0.3) is 0 Å². The predicted octanol–water partition coefficient (Wildman–Crippen LogP) is 2.64. The van der Waals surface area contributed by atoms with Crippen molar-refractivity contribution in [2.75, 3.05) is 19.6 Å². The van der Waals surface area contributed by atoms with E-state index in [1.165, 1.54) is 0 Å². The van der Waals surface area contributed by atoms with Gasteiger partial charge in [-0.25, -0.2) is 0 Å². The molecule has 2 saturated heterocycles. The van der Waals surface area contributed by atoms with E-state index >= 15 is 0 Å². The van der Waals surface area contributed by atoms with Crippen molar-refractivity contribution in [1.82, 2.24) is 15.5 Å². The van der Waals surface area contributed by atoms with Crippen LogP contribution in [-0.2, 0) is 11.3 Å². The minimum atomic E-state index is -0.409. The summed E-state index contributed by atoms with van der Waals surface area (Å²) >= 11 is 12.0. The van der Waals surface area contributed by atoms with Gasteiger partial charge in [0.15, 0.2) is 0 Å². The fourth-order valence-electron chi connectivity index (χ4n) is 3.35. The molecule has 2 aliphatic heterocycles. The number of benzene rings is 1. The molecule has 3 rings (SSSR count). The average molecular weight is 445 g/mol. The highest BCUT2D eigenvalue weighted by atomic mass is 35.5. The van der Waals surface area contributed by atoms with E-state index in [1.54, 1.807) is 0 Å². The molecule has 0 saturated carbocycles. The van der Waals surface area contributed by atoms with Gasteiger partial charge in [0.2, 0.25) is 5.91 Å². The summed E-state index contributed by atoms with van der Waals surface area (Å²) in [6.07, 6.45) is 1.96. The predicted molar refractivity (Wildman–Crippen MR) is 110 cm³/mol. The van der Waals surface area contributed by atoms with Crippen LogP contribution in [0.2, 0.25) is 10.0 Å². The van der Waals surface area contributed by atoms with E-state index < -0.39 is 6.10 Å². The normalized spacial score (nSPS) is 23.8. The Labute approximate surface area is 176 Å². The van der Waals surface area contributed by atoms with Crippen LogP contribution in [0.3, 0.4) is 0 Å². The molecule has 2 atom stereocenters. The van der Waals surface area contributed by atoms with Crippen LogP contribution in [0.15, 0.2) is 18.2 Å². The number of carbonyl (C=O) groups is 1. The third-order valence-corrected chi connectivity index (χ3v) is 5.49. The van der Waals surface area contributed by atoms with Crippen LogP contribution in [-0.4, -0.2) is 53.7 Å². The van der Waals surface area contributed by atoms with Crippen molar-refractivity contribution in [2.45, 2.75) is 44.0 Å². The maximum atomic E-state index is 12.2. The molecule has 5 nitrogen and oxygen atoms in total. The van der Waals surface area contributed by atoms with E-state index in [0.29, 0.717) is 23.0 Å². The van der Waals surface area contributed by atoms with Crippen LogP contribution in [0.1, 0.15) is 24.8 Å². The Kier molecular flexibility index (Phi) is 9.97. The van der Waals surface area contributed by atoms with Crippen molar-refractivity contribution in [3.63, 3.8) is 0 Å². The second kappa shape index (κ2) is 10.9. The smallest absolute Gasteiger partial charge is 0.237 e. The summed E-state index contributed by atoms with van der Waals surface area (Å²) in [6.45, 7) is 3.21. The van der Waals surface area contributed by atoms with E-state index in [2.05, 4.69) is 15.5 Å². The Morgan fingerprint density at radius 3 is 2.50 bits per heavy atom. The molecule has 9 heteroatoms. The van der Waals surface area contributed by atoms with Gasteiger partial charge in [-0.15, -0.1) is 24.8 Å². The molecular formula is C17H25Cl4N3O2. The number of piperidine rings is 1. The van der Waals surface area contributed by atoms with Gasteiger partial charge >= 0.3 is 0 Å². The van der Waals surface area contributed by atoms with E-state index in [-0.39, 0.29) is 42.8 Å². The van der Waals surface area contributed by atoms with Crippen molar-refractivity contribution in [3.05, 3.63) is 33.8 Å². The number of hydrogen-bond acceptors (Lipinski definition) is 4. The molecular weight excluding hydrogens is 420 g/mol. The van der Waals surface area contributed by atoms with Crippen LogP contribution in [0.4, 0.5) is 0 Å². The van der Waals surface area contributed by atoms with Crippen molar-refractivity contribution >= 4 is 53.9 Å². The quantitative estimate of drug-likeness (QED) is 0.667. The SMILES string of the molecule is Cl.Cl.O=C(NC1CCN(Cc2ccc(Cl)c(Cl)c2)CC1)C1CC(O)CN1. The molecule has 2 aliphatic rings. The summed E-state index contributed by atoms with van der Waals surface area (Å²) in [7, 11) is 0. The Hall–Kier alpha value is -0.270. The van der Waals surface area contributed by atoms with Gasteiger partial charge in [-0.2, -0.15) is 0 Å². The summed E-state index contributed by atoms with van der Waals surface area (Å²) in [5.74, 6) is 0.00878. The molecule has 2 fully saturated rings. The number of β-amino-alcohol motifs (C(OH)–C–C–N with tert-alkyl or cyclic N) is 1. The molecule has 0 aromatic heterocycles. The molecule has 1 aromatic carbocycles. The lowest BCUT2D eigenvalue weighted by Gasteiger charge is -2.33. The lowest BCUT2D eigenvalue weighted by Crippen LogP contribution is -2.49. The summed E-state index contributed by atoms with van der Waals surface area (Å²) < 4.78 is 0. The number of rotatable bonds is 4. The number of likely N-dealkylation sites (tertiary alicyclic amines) is 1. The second-order valence-corrected chi connectivity index (χ2v) is 7.47. The van der Waals surface area contributed by atoms with Gasteiger partial charge in [-0.05, 0) is 37.0 Å². The summed E-state index contributed by atoms with van der Waals surface area (Å²) in [6, 6.07) is 5.69. The number of aliphatic hydroxyl groups excluding tert-OH is 1. The lowest BCUT2D eigenvalue weighted by atomic mass is 10.0. The van der Waals surface area contributed by atoms with Crippen LogP contribution in [0.5, 0.6) is 0 Å². The van der Waals surface area contributed by atoms with Crippen LogP contribution >= 0.6 is 48.0 Å². The van der Waals surface area contributed by atoms with E-state index in [9.17, 15) is 9.90 Å². The number of amides is 1. The molecule has 148 valence electrons. The summed E-state index contributed by atoms with van der Waals surface area (Å²) in [5, 5.41) is 16.8. The third-order valence-electron chi connectivity index (χ3n) is 4.75. The summed E-state index contributed by atoms with van der Waals surface area (Å²) in [5.41, 5.74) is 1.15. The van der Waals surface area contributed by atoms with Crippen molar-refractivity contribution in [3.8, 4) is 0 Å². The molecule has 3 N–H and O–H groups in total. The van der Waals surface area contributed by atoms with Gasteiger partial charge < -0.3 is 15.7 Å². The molecule has 2 unspecified atom stereocenters. The standard InChI is InChI=1S/C17H23Cl2N3O2.2ClH/c18-14-2-1-11(7-15(14)19)10-22-5-3-12(4-6-22)21-17(24)16-8-13(23)9-20-16;;/h1-2,7,12-13,16,20,23H,3-6,8-10H2,(H,21,24);2*1H. The van der Waals surface area contributed by atoms with E-state index in [1.807, 2.05) is 18.2 Å². The average Bonchev–Trinajstić information content (AvgIpc) is 2.99. The number of carbonyl (C=O) groups excluding carboxylic acids is 1. The minimum absolute atomic E-state index is 0. The van der Waals surface area contributed by atoms with Gasteiger partial charge in [0.05, 0.1) is 22.2 Å². The highest BCUT2D eigenvalue weighted by Crippen LogP contribution is 2.24. The van der Waals surface area contributed by atoms with Gasteiger partial charge in [-0.1, -0.05) is 29.3 Å². The fraction of sp³-hybridized carbons (Fsp3) is 0.588. The first-order chi connectivity index (χ1) is 11.5. The number of nitrogens with one attached hydrogen (secondary N) is 2. The Bertz CT molecular complexity index is 597. The Morgan fingerprint density at radius 1 is 1.23 bits per heavy atom. The Balaban J connectivity index is 0.00000169. The number of halogens is 4. The van der Waals surface area contributed by atoms with Crippen molar-refractivity contribution in [1.29, 1.82) is 0 Å². The largest absolute Gasteiger partial charge is 0.392 e. The van der Waals surface area contributed by atoms with Crippen molar-refractivity contribution < 1.29 is 9.90 Å². The first kappa shape index (κ1) is 23.8. The molecule has 26 heavy (non-hydrogen) atoms. The molecule has 2 heterocycles. The van der Waals surface area contributed by atoms with Gasteiger partial charge in [0.25, 0.3) is 0 Å². The van der Waals surface area contributed by atoms with E-state index in [0.717, 1.165) is 38.0 Å². The second-order valence-electron chi connectivity index (χ2n) is 6.66. The number of nitrogens with zero attached hydrogens (tertiary/aromatic N) is 1. The van der Waals surface area contributed by atoms with Crippen molar-refractivity contribution in [2.24, 2.45) is 0 Å². The van der Waals surface area contributed by atoms with Gasteiger partial charge in [-0.3, -0.25) is 9.69 Å². The van der Waals surface area contributed by atoms with Crippen LogP contribution < -0.4 is 10.6 Å². The highest BCUT2D eigenvalue weighted by Gasteiger charge is 2.30. The van der Waals surface area contributed by atoms with Gasteiger partial charge in [0.1, 0.15) is 0 Å². The molecule has 0 radical (unpaired) electrons. The Morgan fingerprint density at radius 2 is 1.92 bits per heavy atom. The number of aliphatic hydroxyl groups is 1. The zero-order valence-electron chi connectivity index (χ0n) is 14.3. The lowest BCUT2D eigenvalue weighted by molar-refractivity contribution is -0.124. The summed E-state index contributed by atoms with van der Waals surface area (Å²) in [4.78, 5) is 14.5. The molecule has 1 amide bonds. The van der Waals surface area contributed by atoms with Crippen LogP contribution in [0, 0.1) is 0 Å². The first-order valence-corrected chi connectivity index (χ1v) is 9.15. The molecule has 0 spiro atoms. The highest BCUT2D eigenvalue weighted by molar-refractivity contribution is 6.42. The third kappa shape index (κ3) is 6.41. The van der Waals surface area contributed by atoms with Gasteiger partial charge in [0, 0.05) is 32.2 Å². The topological polar surface area (TPSA) is 64.6 Å². The molecule has 0 aliphatic carbocycles. The molecule has 1 aromatic rings. The maximum Gasteiger partial charge on any atom is 0.237 e. The zero-order chi connectivity index (χ0) is 17.1. The van der Waals surface area contributed by atoms with E-state index in [4.69, 9.17) is 23.2 Å². The zero-order valence-corrected chi connectivity index (χ0v) is 17.4. The fourth-order valence-corrected chi connectivity index (χ4v) is 3.67. The first-order valence-electron chi connectivity index (χ1n) is 8.39. The number of hydrogen-bond donors (Lipinski definition) is 3. The molecule has 0 bridgehead atoms. The monoisotopic (exact) mass is 443 g/mol. The minimum Gasteiger partial charge on any atom is -0.392 e.